The number of nitrogens with zero attached hydrogens (tertiary/aromatic N) is 1. The molecule has 1 amide bonds. The van der Waals surface area contributed by atoms with E-state index in [1.807, 2.05) is 11.8 Å². The lowest BCUT2D eigenvalue weighted by atomic mass is 9.99. The first-order chi connectivity index (χ1) is 9.58. The van der Waals surface area contributed by atoms with E-state index in [1.54, 1.807) is 20.8 Å². The number of nitrogens with one attached hydrogen (secondary N) is 1. The maximum Gasteiger partial charge on any atom is 0.408 e. The zero-order valence-corrected chi connectivity index (χ0v) is 13.4. The van der Waals surface area contributed by atoms with Crippen LogP contribution in [0.4, 0.5) is 4.79 Å². The molecule has 0 radical (unpaired) electrons. The molecular weight excluding hydrogens is 272 g/mol. The van der Waals surface area contributed by atoms with E-state index in [0.29, 0.717) is 19.5 Å². The highest BCUT2D eigenvalue weighted by Crippen LogP contribution is 2.23. The highest BCUT2D eigenvalue weighted by Gasteiger charge is 2.46. The topological polar surface area (TPSA) is 78.9 Å². The van der Waals surface area contributed by atoms with Crippen LogP contribution in [0.15, 0.2) is 12.2 Å². The van der Waals surface area contributed by atoms with Gasteiger partial charge in [-0.1, -0.05) is 19.1 Å². The largest absolute Gasteiger partial charge is 0.479 e. The van der Waals surface area contributed by atoms with Crippen LogP contribution < -0.4 is 5.32 Å². The first-order valence-corrected chi connectivity index (χ1v) is 7.21. The lowest BCUT2D eigenvalue weighted by Gasteiger charge is -2.28. The molecule has 21 heavy (non-hydrogen) atoms. The predicted molar refractivity (Wildman–Crippen MR) is 80.2 cm³/mol. The van der Waals surface area contributed by atoms with Crippen molar-refractivity contribution >= 4 is 12.1 Å². The minimum absolute atomic E-state index is 0.264. The third kappa shape index (κ3) is 5.04. The molecule has 0 aromatic carbocycles. The summed E-state index contributed by atoms with van der Waals surface area (Å²) in [5.74, 6) is -1.03. The average molecular weight is 298 g/mol. The molecule has 0 spiro atoms. The Hall–Kier alpha value is -1.56. The van der Waals surface area contributed by atoms with Crippen molar-refractivity contribution in [2.45, 2.75) is 51.7 Å². The van der Waals surface area contributed by atoms with Gasteiger partial charge in [-0.25, -0.2) is 9.59 Å². The number of carboxylic acid groups (broad SMARTS) is 1. The number of hydrogen-bond donors (Lipinski definition) is 2. The lowest BCUT2D eigenvalue weighted by Crippen LogP contribution is -2.57. The number of ether oxygens (including phenoxy) is 1. The van der Waals surface area contributed by atoms with Gasteiger partial charge in [-0.05, 0) is 33.6 Å². The Bertz CT molecular complexity index is 428. The number of hydrogen-bond acceptors (Lipinski definition) is 4. The summed E-state index contributed by atoms with van der Waals surface area (Å²) in [5.41, 5.74) is -0.886. The van der Waals surface area contributed by atoms with Crippen molar-refractivity contribution in [1.82, 2.24) is 10.2 Å². The fourth-order valence-electron chi connectivity index (χ4n) is 2.28. The van der Waals surface area contributed by atoms with Crippen LogP contribution in [-0.2, 0) is 9.53 Å². The lowest BCUT2D eigenvalue weighted by molar-refractivity contribution is -0.144. The molecule has 0 aliphatic carbocycles. The number of likely N-dealkylation sites (tertiary alicyclic amines) is 1. The summed E-state index contributed by atoms with van der Waals surface area (Å²) in [7, 11) is 0. The Labute approximate surface area is 126 Å². The van der Waals surface area contributed by atoms with Gasteiger partial charge in [0.2, 0.25) is 0 Å². The van der Waals surface area contributed by atoms with Crippen molar-refractivity contribution in [2.24, 2.45) is 0 Å². The molecule has 6 nitrogen and oxygen atoms in total. The van der Waals surface area contributed by atoms with E-state index >= 15 is 0 Å². The molecule has 1 unspecified atom stereocenters. The third-order valence-corrected chi connectivity index (χ3v) is 3.45. The Morgan fingerprint density at radius 2 is 2.05 bits per heavy atom. The monoisotopic (exact) mass is 298 g/mol. The van der Waals surface area contributed by atoms with Gasteiger partial charge in [-0.15, -0.1) is 0 Å². The van der Waals surface area contributed by atoms with Gasteiger partial charge in [0.05, 0.1) is 0 Å². The van der Waals surface area contributed by atoms with Gasteiger partial charge in [-0.2, -0.15) is 0 Å². The van der Waals surface area contributed by atoms with Gasteiger partial charge < -0.3 is 15.2 Å². The minimum atomic E-state index is -1.28. The van der Waals surface area contributed by atoms with Gasteiger partial charge in [-0.3, -0.25) is 4.90 Å². The quantitative estimate of drug-likeness (QED) is 0.759. The number of aliphatic carboxylic acids is 1. The van der Waals surface area contributed by atoms with E-state index < -0.39 is 23.2 Å². The van der Waals surface area contributed by atoms with Crippen LogP contribution in [-0.4, -0.2) is 52.8 Å². The number of alkyl carbamates (subject to hydrolysis) is 1. The molecule has 1 rings (SSSR count). The number of carbonyl (C=O) groups is 2. The van der Waals surface area contributed by atoms with Crippen molar-refractivity contribution in [3.63, 3.8) is 0 Å². The van der Waals surface area contributed by atoms with Crippen molar-refractivity contribution in [3.05, 3.63) is 12.2 Å². The summed E-state index contributed by atoms with van der Waals surface area (Å²) in [6.07, 6.45) is 0.523. The van der Waals surface area contributed by atoms with Gasteiger partial charge in [0, 0.05) is 19.6 Å². The molecule has 1 saturated heterocycles. The molecule has 1 fully saturated rings. The summed E-state index contributed by atoms with van der Waals surface area (Å²) in [4.78, 5) is 25.5. The minimum Gasteiger partial charge on any atom is -0.479 e. The van der Waals surface area contributed by atoms with Crippen molar-refractivity contribution < 1.29 is 19.4 Å². The Balaban J connectivity index is 2.72. The Morgan fingerprint density at radius 1 is 1.43 bits per heavy atom. The second-order valence-corrected chi connectivity index (χ2v) is 6.58. The molecular formula is C15H26N2O4. The maximum absolute atomic E-state index is 11.9. The molecule has 0 aromatic heterocycles. The first kappa shape index (κ1) is 17.5. The smallest absolute Gasteiger partial charge is 0.408 e. The van der Waals surface area contributed by atoms with Crippen molar-refractivity contribution in [3.8, 4) is 0 Å². The molecule has 0 aromatic rings. The van der Waals surface area contributed by atoms with Gasteiger partial charge >= 0.3 is 12.1 Å². The summed E-state index contributed by atoms with van der Waals surface area (Å²) in [6.45, 7) is 12.7. The fraction of sp³-hybridized carbons (Fsp3) is 0.733. The number of rotatable bonds is 5. The molecule has 2 N–H and O–H groups in total. The summed E-state index contributed by atoms with van der Waals surface area (Å²) < 4.78 is 5.16. The molecule has 1 aliphatic heterocycles. The van der Waals surface area contributed by atoms with Gasteiger partial charge in [0.25, 0.3) is 0 Å². The van der Waals surface area contributed by atoms with E-state index in [1.165, 1.54) is 0 Å². The molecule has 1 atom stereocenters. The molecule has 0 saturated carbocycles. The zero-order chi connectivity index (χ0) is 16.3. The number of carbonyl (C=O) groups excluding carboxylic acids is 1. The standard InChI is InChI=1S/C15H26N2O4/c1-6-11(2)9-17-8-7-15(10-17,12(18)19)16-13(20)21-14(3,4)5/h2,6-10H2,1,3-5H3,(H,16,20)(H,18,19). The van der Waals surface area contributed by atoms with Gasteiger partial charge in [0.15, 0.2) is 5.54 Å². The second-order valence-electron chi connectivity index (χ2n) is 6.58. The van der Waals surface area contributed by atoms with Crippen LogP contribution in [0.2, 0.25) is 0 Å². The predicted octanol–water partition coefficient (Wildman–Crippen LogP) is 2.01. The van der Waals surface area contributed by atoms with Crippen molar-refractivity contribution in [2.75, 3.05) is 19.6 Å². The SMILES string of the molecule is C=C(CC)CN1CCC(NC(=O)OC(C)(C)C)(C(=O)O)C1. The maximum atomic E-state index is 11.9. The van der Waals surface area contributed by atoms with Crippen LogP contribution >= 0.6 is 0 Å². The molecule has 1 aliphatic rings. The summed E-state index contributed by atoms with van der Waals surface area (Å²) in [6, 6.07) is 0. The molecule has 1 heterocycles. The third-order valence-electron chi connectivity index (χ3n) is 3.45. The van der Waals surface area contributed by atoms with Crippen molar-refractivity contribution in [1.29, 1.82) is 0 Å². The Kier molecular flexibility index (Phi) is 5.39. The zero-order valence-electron chi connectivity index (χ0n) is 13.4. The fourth-order valence-corrected chi connectivity index (χ4v) is 2.28. The summed E-state index contributed by atoms with van der Waals surface area (Å²) >= 11 is 0. The normalized spacial score (nSPS) is 22.9. The average Bonchev–Trinajstić information content (AvgIpc) is 2.70. The first-order valence-electron chi connectivity index (χ1n) is 7.21. The second kappa shape index (κ2) is 6.47. The summed E-state index contributed by atoms with van der Waals surface area (Å²) in [5, 5.41) is 12.0. The number of carboxylic acids is 1. The van der Waals surface area contributed by atoms with E-state index in [2.05, 4.69) is 11.9 Å². The highest BCUT2D eigenvalue weighted by atomic mass is 16.6. The highest BCUT2D eigenvalue weighted by molar-refractivity contribution is 5.85. The Morgan fingerprint density at radius 3 is 2.52 bits per heavy atom. The number of amides is 1. The van der Waals surface area contributed by atoms with Gasteiger partial charge in [0.1, 0.15) is 5.60 Å². The molecule has 6 heteroatoms. The van der Waals surface area contributed by atoms with Crippen LogP contribution in [0.1, 0.15) is 40.5 Å². The van der Waals surface area contributed by atoms with E-state index in [-0.39, 0.29) is 6.54 Å². The van der Waals surface area contributed by atoms with Crippen LogP contribution in [0.5, 0.6) is 0 Å². The van der Waals surface area contributed by atoms with Crippen LogP contribution in [0.3, 0.4) is 0 Å². The molecule has 120 valence electrons. The van der Waals surface area contributed by atoms with E-state index in [0.717, 1.165) is 12.0 Å². The van der Waals surface area contributed by atoms with E-state index in [4.69, 9.17) is 4.74 Å². The van der Waals surface area contributed by atoms with Crippen LogP contribution in [0.25, 0.3) is 0 Å². The van der Waals surface area contributed by atoms with E-state index in [9.17, 15) is 14.7 Å². The van der Waals surface area contributed by atoms with Crippen LogP contribution in [0, 0.1) is 0 Å². The molecule has 0 bridgehead atoms.